The third-order valence-corrected chi connectivity index (χ3v) is 2.61. The van der Waals surface area contributed by atoms with Crippen molar-refractivity contribution in [1.82, 2.24) is 0 Å². The summed E-state index contributed by atoms with van der Waals surface area (Å²) < 4.78 is 0.323. The topological polar surface area (TPSA) is 95.6 Å². The fraction of sp³-hybridized carbons (Fsp3) is 0.333. The Balaban J connectivity index is 3.14. The van der Waals surface area contributed by atoms with Crippen LogP contribution in [0.2, 0.25) is 0 Å². The van der Waals surface area contributed by atoms with Crippen LogP contribution in [0.1, 0.15) is 13.3 Å². The zero-order valence-corrected chi connectivity index (χ0v) is 10.1. The summed E-state index contributed by atoms with van der Waals surface area (Å²) in [6.07, 6.45) is -0.453. The summed E-state index contributed by atoms with van der Waals surface area (Å²) in [7, 11) is 0. The van der Waals surface area contributed by atoms with Crippen LogP contribution in [-0.4, -0.2) is 21.4 Å². The maximum absolute atomic E-state index is 10.7. The number of anilines is 1. The summed E-state index contributed by atoms with van der Waals surface area (Å²) in [6, 6.07) is 2.38. The zero-order chi connectivity index (χ0) is 12.3. The molecule has 0 aliphatic carbocycles. The molecule has 0 aromatic heterocycles. The molecule has 0 saturated carbocycles. The standard InChI is InChI=1S/C9H11BrN2O4/c1-2-9(14)11-6-3-5(10)8(13)4-7(6)12(15)16/h3-4,9,11,13-14H,2H2,1H3. The van der Waals surface area contributed by atoms with Crippen molar-refractivity contribution >= 4 is 27.3 Å². The van der Waals surface area contributed by atoms with Gasteiger partial charge in [-0.3, -0.25) is 10.1 Å². The van der Waals surface area contributed by atoms with Gasteiger partial charge in [0.2, 0.25) is 0 Å². The van der Waals surface area contributed by atoms with Crippen LogP contribution >= 0.6 is 15.9 Å². The number of aliphatic hydroxyl groups excluding tert-OH is 1. The first-order valence-corrected chi connectivity index (χ1v) is 5.36. The molecule has 1 aromatic carbocycles. The number of benzene rings is 1. The number of nitrogens with zero attached hydrogens (tertiary/aromatic N) is 1. The minimum atomic E-state index is -0.866. The highest BCUT2D eigenvalue weighted by molar-refractivity contribution is 9.10. The van der Waals surface area contributed by atoms with E-state index in [0.717, 1.165) is 6.07 Å². The highest BCUT2D eigenvalue weighted by Crippen LogP contribution is 2.35. The molecule has 0 aliphatic heterocycles. The molecule has 0 amide bonds. The normalized spacial score (nSPS) is 12.2. The Morgan fingerprint density at radius 2 is 2.25 bits per heavy atom. The molecule has 88 valence electrons. The summed E-state index contributed by atoms with van der Waals surface area (Å²) in [5, 5.41) is 32.0. The molecule has 0 radical (unpaired) electrons. The second kappa shape index (κ2) is 5.13. The van der Waals surface area contributed by atoms with Gasteiger partial charge >= 0.3 is 0 Å². The van der Waals surface area contributed by atoms with E-state index in [1.807, 2.05) is 0 Å². The van der Waals surface area contributed by atoms with Crippen LogP contribution in [0.15, 0.2) is 16.6 Å². The van der Waals surface area contributed by atoms with E-state index < -0.39 is 11.2 Å². The Morgan fingerprint density at radius 1 is 1.62 bits per heavy atom. The second-order valence-corrected chi connectivity index (χ2v) is 4.00. The highest BCUT2D eigenvalue weighted by Gasteiger charge is 2.18. The molecule has 1 aromatic rings. The van der Waals surface area contributed by atoms with Gasteiger partial charge in [0.25, 0.3) is 5.69 Å². The molecule has 0 aliphatic rings. The molecule has 0 spiro atoms. The third-order valence-electron chi connectivity index (χ3n) is 1.97. The summed E-state index contributed by atoms with van der Waals surface area (Å²) in [5.74, 6) is -0.219. The van der Waals surface area contributed by atoms with Gasteiger partial charge in [0.05, 0.1) is 15.5 Å². The lowest BCUT2D eigenvalue weighted by atomic mass is 10.2. The first-order chi connectivity index (χ1) is 7.45. The van der Waals surface area contributed by atoms with Crippen LogP contribution in [0.4, 0.5) is 11.4 Å². The molecule has 0 fully saturated rings. The van der Waals surface area contributed by atoms with Gasteiger partial charge in [-0.15, -0.1) is 0 Å². The van der Waals surface area contributed by atoms with Gasteiger partial charge in [-0.25, -0.2) is 0 Å². The molecule has 0 saturated heterocycles. The van der Waals surface area contributed by atoms with Gasteiger partial charge in [-0.2, -0.15) is 0 Å². The smallest absolute Gasteiger partial charge is 0.296 e. The Morgan fingerprint density at radius 3 is 2.75 bits per heavy atom. The minimum Gasteiger partial charge on any atom is -0.507 e. The van der Waals surface area contributed by atoms with Crippen LogP contribution in [-0.2, 0) is 0 Å². The lowest BCUT2D eigenvalue weighted by Crippen LogP contribution is -2.17. The zero-order valence-electron chi connectivity index (χ0n) is 8.48. The van der Waals surface area contributed by atoms with Crippen molar-refractivity contribution in [2.24, 2.45) is 0 Å². The van der Waals surface area contributed by atoms with E-state index in [4.69, 9.17) is 0 Å². The van der Waals surface area contributed by atoms with Gasteiger partial charge in [0, 0.05) is 0 Å². The van der Waals surface area contributed by atoms with Gasteiger partial charge in [-0.1, -0.05) is 6.92 Å². The first kappa shape index (κ1) is 12.7. The molecule has 3 N–H and O–H groups in total. The summed E-state index contributed by atoms with van der Waals surface area (Å²) >= 11 is 3.05. The lowest BCUT2D eigenvalue weighted by molar-refractivity contribution is -0.384. The van der Waals surface area contributed by atoms with Crippen LogP contribution in [0.25, 0.3) is 0 Å². The number of aliphatic hydroxyl groups is 1. The Kier molecular flexibility index (Phi) is 4.08. The number of nitro benzene ring substituents is 1. The number of rotatable bonds is 4. The SMILES string of the molecule is CCC(O)Nc1cc(Br)c(O)cc1[N+](=O)[O-]. The highest BCUT2D eigenvalue weighted by atomic mass is 79.9. The van der Waals surface area contributed by atoms with Crippen molar-refractivity contribution in [1.29, 1.82) is 0 Å². The van der Waals surface area contributed by atoms with Crippen molar-refractivity contribution in [3.05, 3.63) is 26.7 Å². The average Bonchev–Trinajstić information content (AvgIpc) is 2.22. The lowest BCUT2D eigenvalue weighted by Gasteiger charge is -2.12. The Hall–Kier alpha value is -1.34. The van der Waals surface area contributed by atoms with Crippen molar-refractivity contribution in [2.45, 2.75) is 19.6 Å². The number of phenolic OH excluding ortho intramolecular Hbond substituents is 1. The number of halogens is 1. The molecule has 16 heavy (non-hydrogen) atoms. The number of nitro groups is 1. The van der Waals surface area contributed by atoms with E-state index >= 15 is 0 Å². The predicted molar refractivity (Wildman–Crippen MR) is 62.4 cm³/mol. The molecule has 0 heterocycles. The quantitative estimate of drug-likeness (QED) is 0.342. The van der Waals surface area contributed by atoms with Crippen LogP contribution in [0.5, 0.6) is 5.75 Å². The summed E-state index contributed by atoms with van der Waals surface area (Å²) in [4.78, 5) is 10.1. The fourth-order valence-corrected chi connectivity index (χ4v) is 1.44. The number of hydrogen-bond donors (Lipinski definition) is 3. The predicted octanol–water partition coefficient (Wildman–Crippen LogP) is 2.20. The summed E-state index contributed by atoms with van der Waals surface area (Å²) in [6.45, 7) is 1.74. The van der Waals surface area contributed by atoms with Crippen LogP contribution in [0.3, 0.4) is 0 Å². The van der Waals surface area contributed by atoms with E-state index in [-0.39, 0.29) is 17.1 Å². The third kappa shape index (κ3) is 2.83. The Labute approximate surface area is 100 Å². The van der Waals surface area contributed by atoms with Gasteiger partial charge in [0.15, 0.2) is 0 Å². The molecule has 1 atom stereocenters. The number of aromatic hydroxyl groups is 1. The van der Waals surface area contributed by atoms with E-state index in [0.29, 0.717) is 10.9 Å². The molecule has 7 heteroatoms. The Bertz CT molecular complexity index is 411. The maximum atomic E-state index is 10.7. The van der Waals surface area contributed by atoms with Crippen LogP contribution < -0.4 is 5.32 Å². The summed E-state index contributed by atoms with van der Waals surface area (Å²) in [5.41, 5.74) is -0.128. The molecule has 1 rings (SSSR count). The number of phenols is 1. The van der Waals surface area contributed by atoms with Crippen molar-refractivity contribution < 1.29 is 15.1 Å². The molecular formula is C9H11BrN2O4. The molecular weight excluding hydrogens is 280 g/mol. The van der Waals surface area contributed by atoms with Crippen LogP contribution in [0, 0.1) is 10.1 Å². The monoisotopic (exact) mass is 290 g/mol. The van der Waals surface area contributed by atoms with Crippen molar-refractivity contribution in [3.63, 3.8) is 0 Å². The number of hydrogen-bond acceptors (Lipinski definition) is 5. The number of nitrogens with one attached hydrogen (secondary N) is 1. The fourth-order valence-electron chi connectivity index (χ4n) is 1.10. The molecule has 1 unspecified atom stereocenters. The van der Waals surface area contributed by atoms with E-state index in [2.05, 4.69) is 21.2 Å². The first-order valence-electron chi connectivity index (χ1n) is 4.57. The van der Waals surface area contributed by atoms with Gasteiger partial charge in [-0.05, 0) is 28.4 Å². The minimum absolute atomic E-state index is 0.157. The van der Waals surface area contributed by atoms with E-state index in [1.54, 1.807) is 6.92 Å². The second-order valence-electron chi connectivity index (χ2n) is 3.15. The van der Waals surface area contributed by atoms with Gasteiger partial charge in [0.1, 0.15) is 17.7 Å². The van der Waals surface area contributed by atoms with Gasteiger partial charge < -0.3 is 15.5 Å². The van der Waals surface area contributed by atoms with E-state index in [9.17, 15) is 20.3 Å². The van der Waals surface area contributed by atoms with E-state index in [1.165, 1.54) is 6.07 Å². The molecule has 0 bridgehead atoms. The average molecular weight is 291 g/mol. The van der Waals surface area contributed by atoms with Crippen molar-refractivity contribution in [3.8, 4) is 5.75 Å². The largest absolute Gasteiger partial charge is 0.507 e. The van der Waals surface area contributed by atoms with Crippen molar-refractivity contribution in [2.75, 3.05) is 5.32 Å². The maximum Gasteiger partial charge on any atom is 0.296 e. The molecule has 6 nitrogen and oxygen atoms in total.